The lowest BCUT2D eigenvalue weighted by atomic mass is 9.99. The second-order valence-electron chi connectivity index (χ2n) is 6.46. The number of anilines is 1. The van der Waals surface area contributed by atoms with Crippen molar-refractivity contribution in [3.8, 4) is 5.75 Å². The fourth-order valence-electron chi connectivity index (χ4n) is 2.97. The lowest BCUT2D eigenvalue weighted by Gasteiger charge is -2.19. The maximum absolute atomic E-state index is 11.1. The molecular formula is C21H17Cl2IN3O3P. The van der Waals surface area contributed by atoms with E-state index >= 15 is 0 Å². The molecule has 0 saturated heterocycles. The van der Waals surface area contributed by atoms with Gasteiger partial charge in [-0.1, -0.05) is 35.3 Å². The first-order valence-corrected chi connectivity index (χ1v) is 13.8. The lowest BCUT2D eigenvalue weighted by Crippen LogP contribution is -2.08. The molecule has 2 aromatic carbocycles. The SMILES string of the molecule is C[C@@H](Oc1ccc(NPI)c(C(=N)c2ccc(C(=O)O)cc2)c1)c1c(Cl)cncc1Cl. The molecule has 0 aliphatic heterocycles. The molecule has 0 aliphatic carbocycles. The van der Waals surface area contributed by atoms with Crippen molar-refractivity contribution in [3.05, 3.63) is 87.2 Å². The fourth-order valence-corrected chi connectivity index (χ4v) is 4.83. The molecule has 0 fully saturated rings. The second-order valence-corrected chi connectivity index (χ2v) is 9.33. The van der Waals surface area contributed by atoms with Gasteiger partial charge in [0.1, 0.15) is 11.9 Å². The predicted molar refractivity (Wildman–Crippen MR) is 135 cm³/mol. The summed E-state index contributed by atoms with van der Waals surface area (Å²) in [4.78, 5) is 15.1. The van der Waals surface area contributed by atoms with Gasteiger partial charge in [0, 0.05) is 41.1 Å². The van der Waals surface area contributed by atoms with Crippen LogP contribution in [-0.2, 0) is 0 Å². The summed E-state index contributed by atoms with van der Waals surface area (Å²) >= 11 is 14.7. The molecule has 1 heterocycles. The van der Waals surface area contributed by atoms with Crippen LogP contribution in [0.3, 0.4) is 0 Å². The van der Waals surface area contributed by atoms with Gasteiger partial charge in [-0.05, 0) is 59.3 Å². The summed E-state index contributed by atoms with van der Waals surface area (Å²) in [6.07, 6.45) is 2.99. The normalized spacial score (nSPS) is 12.0. The van der Waals surface area contributed by atoms with Gasteiger partial charge in [-0.25, -0.2) is 4.79 Å². The molecule has 0 radical (unpaired) electrons. The average molecular weight is 588 g/mol. The minimum atomic E-state index is -1.01. The largest absolute Gasteiger partial charge is 0.486 e. The Morgan fingerprint density at radius 2 is 1.77 bits per heavy atom. The minimum Gasteiger partial charge on any atom is -0.486 e. The summed E-state index contributed by atoms with van der Waals surface area (Å²) in [6, 6.07) is 11.6. The summed E-state index contributed by atoms with van der Waals surface area (Å²) in [6.45, 7) is 1.83. The Morgan fingerprint density at radius 1 is 1.16 bits per heavy atom. The van der Waals surface area contributed by atoms with Crippen LogP contribution in [0.5, 0.6) is 5.75 Å². The van der Waals surface area contributed by atoms with Crippen molar-refractivity contribution in [1.29, 1.82) is 5.41 Å². The molecule has 3 aromatic rings. The van der Waals surface area contributed by atoms with Crippen molar-refractivity contribution in [2.45, 2.75) is 13.0 Å². The van der Waals surface area contributed by atoms with Crippen LogP contribution in [-0.4, -0.2) is 21.8 Å². The van der Waals surface area contributed by atoms with E-state index < -0.39 is 12.1 Å². The van der Waals surface area contributed by atoms with E-state index in [9.17, 15) is 4.79 Å². The number of ether oxygens (including phenoxy) is 1. The molecule has 6 nitrogen and oxygen atoms in total. The summed E-state index contributed by atoms with van der Waals surface area (Å²) in [5, 5.41) is 21.9. The number of pyridine rings is 1. The summed E-state index contributed by atoms with van der Waals surface area (Å²) < 4.78 is 6.07. The first-order valence-electron chi connectivity index (χ1n) is 8.95. The van der Waals surface area contributed by atoms with Crippen LogP contribution >= 0.6 is 51.6 Å². The van der Waals surface area contributed by atoms with Crippen LogP contribution in [0.1, 0.15) is 40.1 Å². The average Bonchev–Trinajstić information content (AvgIpc) is 2.74. The van der Waals surface area contributed by atoms with Gasteiger partial charge in [0.25, 0.3) is 0 Å². The van der Waals surface area contributed by atoms with Crippen molar-refractivity contribution < 1.29 is 14.6 Å². The number of carboxylic acids is 1. The first kappa shape index (κ1) is 23.7. The van der Waals surface area contributed by atoms with Gasteiger partial charge in [-0.2, -0.15) is 0 Å². The molecule has 160 valence electrons. The number of carboxylic acid groups (broad SMARTS) is 1. The van der Waals surface area contributed by atoms with Gasteiger partial charge in [0.2, 0.25) is 0 Å². The highest BCUT2D eigenvalue weighted by atomic mass is 127. The number of hydrogen-bond acceptors (Lipinski definition) is 5. The van der Waals surface area contributed by atoms with E-state index in [2.05, 4.69) is 32.1 Å². The Labute approximate surface area is 204 Å². The highest BCUT2D eigenvalue weighted by Crippen LogP contribution is 2.35. The summed E-state index contributed by atoms with van der Waals surface area (Å²) in [5.41, 5.74) is 3.04. The van der Waals surface area contributed by atoms with Crippen LogP contribution in [0, 0.1) is 5.41 Å². The number of halogens is 3. The standard InChI is InChI=1S/C21H17Cl2IN3O3P/c1-11(19-16(22)9-26-10-17(19)23)30-14-6-7-18(27-31-24)15(8-14)20(25)12-2-4-13(5-3-12)21(28)29/h2-11,25,27,31H,1H3,(H,28,29)/t11-/m1/s1. The second kappa shape index (κ2) is 10.6. The van der Waals surface area contributed by atoms with Crippen LogP contribution in [0.15, 0.2) is 54.9 Å². The fraction of sp³-hybridized carbons (Fsp3) is 0.0952. The third-order valence-corrected chi connectivity index (χ3v) is 6.25. The van der Waals surface area contributed by atoms with Crippen LogP contribution < -0.4 is 9.82 Å². The highest BCUT2D eigenvalue weighted by Gasteiger charge is 2.18. The molecule has 2 atom stereocenters. The Kier molecular flexibility index (Phi) is 8.11. The zero-order valence-electron chi connectivity index (χ0n) is 16.1. The van der Waals surface area contributed by atoms with Gasteiger partial charge in [0.05, 0.1) is 21.3 Å². The number of aromatic carboxylic acids is 1. The highest BCUT2D eigenvalue weighted by molar-refractivity contribution is 14.2. The molecule has 0 amide bonds. The molecule has 0 spiro atoms. The molecule has 1 unspecified atom stereocenters. The zero-order valence-corrected chi connectivity index (χ0v) is 20.8. The molecule has 3 rings (SSSR count). The number of carbonyl (C=O) groups is 1. The zero-order chi connectivity index (χ0) is 22.5. The van der Waals surface area contributed by atoms with Crippen LogP contribution in [0.2, 0.25) is 10.0 Å². The van der Waals surface area contributed by atoms with Crippen molar-refractivity contribution in [1.82, 2.24) is 4.98 Å². The maximum atomic E-state index is 11.1. The maximum Gasteiger partial charge on any atom is 0.335 e. The smallest absolute Gasteiger partial charge is 0.335 e. The first-order chi connectivity index (χ1) is 14.8. The topological polar surface area (TPSA) is 95.3 Å². The molecular weight excluding hydrogens is 571 g/mol. The molecule has 31 heavy (non-hydrogen) atoms. The predicted octanol–water partition coefficient (Wildman–Crippen LogP) is 7.00. The number of hydrogen-bond donors (Lipinski definition) is 3. The molecule has 10 heteroatoms. The monoisotopic (exact) mass is 587 g/mol. The summed E-state index contributed by atoms with van der Waals surface area (Å²) in [7, 11) is 0. The van der Waals surface area contributed by atoms with E-state index in [4.69, 9.17) is 38.5 Å². The van der Waals surface area contributed by atoms with Crippen LogP contribution in [0.4, 0.5) is 5.69 Å². The third-order valence-electron chi connectivity index (χ3n) is 4.47. The van der Waals surface area contributed by atoms with Gasteiger partial charge in [-0.3, -0.25) is 10.4 Å². The minimum absolute atomic E-state index is 0.167. The number of benzene rings is 2. The number of aromatic nitrogens is 1. The Balaban J connectivity index is 1.93. The van der Waals surface area contributed by atoms with E-state index in [1.54, 1.807) is 18.2 Å². The van der Waals surface area contributed by atoms with Crippen LogP contribution in [0.25, 0.3) is 0 Å². The summed E-state index contributed by atoms with van der Waals surface area (Å²) in [5.74, 6) is -0.468. The van der Waals surface area contributed by atoms with Crippen molar-refractivity contribution in [3.63, 3.8) is 0 Å². The molecule has 0 bridgehead atoms. The molecule has 3 N–H and O–H groups in total. The van der Waals surface area contributed by atoms with E-state index in [1.807, 2.05) is 19.1 Å². The molecule has 1 aromatic heterocycles. The Morgan fingerprint density at radius 3 is 2.35 bits per heavy atom. The lowest BCUT2D eigenvalue weighted by molar-refractivity contribution is 0.0697. The van der Waals surface area contributed by atoms with Gasteiger partial charge >= 0.3 is 5.97 Å². The number of nitrogens with zero attached hydrogens (tertiary/aromatic N) is 1. The van der Waals surface area contributed by atoms with Crippen molar-refractivity contribution >= 4 is 69.0 Å². The molecule has 0 saturated carbocycles. The van der Waals surface area contributed by atoms with Gasteiger partial charge in [0.15, 0.2) is 0 Å². The van der Waals surface area contributed by atoms with E-state index in [0.29, 0.717) is 38.9 Å². The van der Waals surface area contributed by atoms with Crippen molar-refractivity contribution in [2.75, 3.05) is 5.09 Å². The Hall–Kier alpha value is -1.93. The van der Waals surface area contributed by atoms with Gasteiger partial charge in [-0.15, -0.1) is 0 Å². The molecule has 0 aliphatic rings. The third kappa shape index (κ3) is 5.66. The van der Waals surface area contributed by atoms with E-state index in [-0.39, 0.29) is 11.3 Å². The Bertz CT molecular complexity index is 1110. The quantitative estimate of drug-likeness (QED) is 0.150. The van der Waals surface area contributed by atoms with E-state index in [0.717, 1.165) is 5.69 Å². The number of nitrogens with one attached hydrogen (secondary N) is 2. The van der Waals surface area contributed by atoms with Crippen molar-refractivity contribution in [2.24, 2.45) is 0 Å². The number of rotatable bonds is 8. The van der Waals surface area contributed by atoms with Gasteiger partial charge < -0.3 is 14.9 Å². The van der Waals surface area contributed by atoms with E-state index in [1.165, 1.54) is 24.5 Å².